The van der Waals surface area contributed by atoms with E-state index in [1.165, 1.54) is 4.68 Å². The fourth-order valence-corrected chi connectivity index (χ4v) is 2.47. The van der Waals surface area contributed by atoms with Crippen molar-refractivity contribution in [3.05, 3.63) is 48.3 Å². The fraction of sp³-hybridized carbons (Fsp3) is 0.133. The molecule has 0 aliphatic rings. The Morgan fingerprint density at radius 3 is 2.92 bits per heavy atom. The standard InChI is InChI=1S/C15H14N8O2/c1-22-14(18-20-21-22)23-13-5-3-2-4-12(13)17-15(23)25-9-11-8-10(19-24)6-7-16-11/h2-8,24H,9H2,1H3,(H,16,19). The number of fused-ring (bicyclic) bond motifs is 1. The number of pyridine rings is 1. The molecule has 1 aromatic carbocycles. The molecule has 0 aliphatic carbocycles. The van der Waals surface area contributed by atoms with Crippen molar-refractivity contribution in [1.29, 1.82) is 0 Å². The van der Waals surface area contributed by atoms with Crippen LogP contribution in [-0.4, -0.2) is 39.9 Å². The van der Waals surface area contributed by atoms with Crippen LogP contribution in [0.3, 0.4) is 0 Å². The largest absolute Gasteiger partial charge is 0.458 e. The zero-order valence-corrected chi connectivity index (χ0v) is 13.2. The molecule has 126 valence electrons. The Morgan fingerprint density at radius 1 is 1.24 bits per heavy atom. The first-order valence-corrected chi connectivity index (χ1v) is 7.44. The van der Waals surface area contributed by atoms with Crippen molar-refractivity contribution in [3.63, 3.8) is 0 Å². The molecule has 25 heavy (non-hydrogen) atoms. The van der Waals surface area contributed by atoms with Gasteiger partial charge < -0.3 is 4.74 Å². The molecule has 0 aliphatic heterocycles. The maximum absolute atomic E-state index is 8.98. The van der Waals surface area contributed by atoms with E-state index in [1.54, 1.807) is 29.9 Å². The molecule has 0 radical (unpaired) electrons. The molecule has 4 rings (SSSR count). The van der Waals surface area contributed by atoms with E-state index in [0.717, 1.165) is 11.0 Å². The summed E-state index contributed by atoms with van der Waals surface area (Å²) in [7, 11) is 1.74. The number of nitrogens with one attached hydrogen (secondary N) is 1. The van der Waals surface area contributed by atoms with E-state index in [-0.39, 0.29) is 6.61 Å². The summed E-state index contributed by atoms with van der Waals surface area (Å²) in [4.78, 5) is 8.71. The molecule has 3 heterocycles. The Kier molecular flexibility index (Phi) is 3.71. The average molecular weight is 338 g/mol. The summed E-state index contributed by atoms with van der Waals surface area (Å²) < 4.78 is 9.13. The second kappa shape index (κ2) is 6.17. The second-order valence-corrected chi connectivity index (χ2v) is 5.26. The molecule has 0 saturated carbocycles. The third kappa shape index (κ3) is 2.74. The summed E-state index contributed by atoms with van der Waals surface area (Å²) in [6.45, 7) is 0.171. The smallest absolute Gasteiger partial charge is 0.305 e. The van der Waals surface area contributed by atoms with E-state index < -0.39 is 0 Å². The minimum Gasteiger partial charge on any atom is -0.458 e. The quantitative estimate of drug-likeness (QED) is 0.524. The third-order valence-corrected chi connectivity index (χ3v) is 3.62. The molecule has 0 spiro atoms. The van der Waals surface area contributed by atoms with E-state index in [4.69, 9.17) is 9.94 Å². The highest BCUT2D eigenvalue weighted by molar-refractivity contribution is 5.78. The molecule has 10 heteroatoms. The highest BCUT2D eigenvalue weighted by Gasteiger charge is 2.18. The number of aryl methyl sites for hydroxylation is 1. The Bertz CT molecular complexity index is 1030. The second-order valence-electron chi connectivity index (χ2n) is 5.26. The number of hydrogen-bond acceptors (Lipinski definition) is 8. The molecule has 0 saturated heterocycles. The van der Waals surface area contributed by atoms with Gasteiger partial charge in [-0.25, -0.2) is 9.25 Å². The molecule has 0 fully saturated rings. The number of ether oxygens (including phenoxy) is 1. The highest BCUT2D eigenvalue weighted by atomic mass is 16.5. The number of para-hydroxylation sites is 2. The van der Waals surface area contributed by atoms with Crippen LogP contribution in [0.2, 0.25) is 0 Å². The average Bonchev–Trinajstić information content (AvgIpc) is 3.22. The summed E-state index contributed by atoms with van der Waals surface area (Å²) >= 11 is 0. The first-order chi connectivity index (χ1) is 12.3. The molecule has 0 bridgehead atoms. The van der Waals surface area contributed by atoms with Crippen molar-refractivity contribution in [1.82, 2.24) is 34.7 Å². The Morgan fingerprint density at radius 2 is 2.12 bits per heavy atom. The maximum atomic E-state index is 8.98. The van der Waals surface area contributed by atoms with E-state index >= 15 is 0 Å². The minimum absolute atomic E-state index is 0.171. The molecule has 0 atom stereocenters. The van der Waals surface area contributed by atoms with Crippen LogP contribution in [0, 0.1) is 0 Å². The van der Waals surface area contributed by atoms with E-state index in [1.807, 2.05) is 24.3 Å². The van der Waals surface area contributed by atoms with Crippen LogP contribution in [0.4, 0.5) is 5.69 Å². The van der Waals surface area contributed by atoms with Gasteiger partial charge in [-0.05, 0) is 34.7 Å². The van der Waals surface area contributed by atoms with Gasteiger partial charge in [-0.3, -0.25) is 15.7 Å². The van der Waals surface area contributed by atoms with Crippen molar-refractivity contribution in [3.8, 4) is 12.0 Å². The Labute approximate surface area is 141 Å². The topological polar surface area (TPSA) is 116 Å². The summed E-state index contributed by atoms with van der Waals surface area (Å²) in [6.07, 6.45) is 1.58. The van der Waals surface area contributed by atoms with Gasteiger partial charge in [-0.1, -0.05) is 17.2 Å². The fourth-order valence-electron chi connectivity index (χ4n) is 2.47. The van der Waals surface area contributed by atoms with Gasteiger partial charge in [-0.2, -0.15) is 4.98 Å². The lowest BCUT2D eigenvalue weighted by Gasteiger charge is -2.08. The van der Waals surface area contributed by atoms with Gasteiger partial charge in [-0.15, -0.1) is 0 Å². The van der Waals surface area contributed by atoms with E-state index in [0.29, 0.717) is 23.3 Å². The summed E-state index contributed by atoms with van der Waals surface area (Å²) in [5, 5.41) is 20.6. The van der Waals surface area contributed by atoms with Crippen molar-refractivity contribution >= 4 is 16.7 Å². The number of tetrazole rings is 1. The molecule has 10 nitrogen and oxygen atoms in total. The lowest BCUT2D eigenvalue weighted by atomic mass is 10.3. The number of hydrogen-bond donors (Lipinski definition) is 2. The van der Waals surface area contributed by atoms with Crippen molar-refractivity contribution in [2.24, 2.45) is 7.05 Å². The predicted molar refractivity (Wildman–Crippen MR) is 87.4 cm³/mol. The molecule has 0 unspecified atom stereocenters. The van der Waals surface area contributed by atoms with Crippen LogP contribution in [0.15, 0.2) is 42.6 Å². The van der Waals surface area contributed by atoms with Gasteiger partial charge >= 0.3 is 6.01 Å². The molecule has 0 amide bonds. The van der Waals surface area contributed by atoms with Gasteiger partial charge in [0.15, 0.2) is 0 Å². The summed E-state index contributed by atoms with van der Waals surface area (Å²) in [5.41, 5.74) is 4.83. The maximum Gasteiger partial charge on any atom is 0.305 e. The van der Waals surface area contributed by atoms with E-state index in [2.05, 4.69) is 31.0 Å². The number of benzene rings is 1. The molecule has 2 N–H and O–H groups in total. The van der Waals surface area contributed by atoms with Gasteiger partial charge in [0.05, 0.1) is 22.4 Å². The number of nitrogens with zero attached hydrogens (tertiary/aromatic N) is 7. The van der Waals surface area contributed by atoms with Crippen LogP contribution in [0.25, 0.3) is 17.0 Å². The number of aromatic nitrogens is 7. The lowest BCUT2D eigenvalue weighted by molar-refractivity contribution is 0.272. The van der Waals surface area contributed by atoms with E-state index in [9.17, 15) is 0 Å². The van der Waals surface area contributed by atoms with Gasteiger partial charge in [0.2, 0.25) is 0 Å². The number of imidazole rings is 1. The summed E-state index contributed by atoms with van der Waals surface area (Å²) in [5.74, 6) is 0.488. The van der Waals surface area contributed by atoms with Crippen LogP contribution < -0.4 is 10.2 Å². The first-order valence-electron chi connectivity index (χ1n) is 7.44. The molecular formula is C15H14N8O2. The van der Waals surface area contributed by atoms with Gasteiger partial charge in [0.25, 0.3) is 5.95 Å². The third-order valence-electron chi connectivity index (χ3n) is 3.62. The SMILES string of the molecule is Cn1nnnc1-n1c(OCc2cc(NO)ccn2)nc2ccccc21. The van der Waals surface area contributed by atoms with Gasteiger partial charge in [0.1, 0.15) is 6.61 Å². The number of anilines is 1. The van der Waals surface area contributed by atoms with Gasteiger partial charge in [0, 0.05) is 13.2 Å². The zero-order valence-electron chi connectivity index (χ0n) is 13.2. The van der Waals surface area contributed by atoms with Crippen molar-refractivity contribution in [2.45, 2.75) is 6.61 Å². The lowest BCUT2D eigenvalue weighted by Crippen LogP contribution is -2.08. The Balaban J connectivity index is 1.73. The zero-order chi connectivity index (χ0) is 17.2. The highest BCUT2D eigenvalue weighted by Crippen LogP contribution is 2.25. The molecular weight excluding hydrogens is 324 g/mol. The van der Waals surface area contributed by atoms with Crippen LogP contribution >= 0.6 is 0 Å². The molecule has 4 aromatic rings. The van der Waals surface area contributed by atoms with Crippen LogP contribution in [0.1, 0.15) is 5.69 Å². The van der Waals surface area contributed by atoms with Crippen LogP contribution in [-0.2, 0) is 13.7 Å². The van der Waals surface area contributed by atoms with Crippen LogP contribution in [0.5, 0.6) is 6.01 Å². The van der Waals surface area contributed by atoms with Crippen molar-refractivity contribution in [2.75, 3.05) is 5.48 Å². The predicted octanol–water partition coefficient (Wildman–Crippen LogP) is 1.32. The minimum atomic E-state index is 0.171. The number of rotatable bonds is 5. The monoisotopic (exact) mass is 338 g/mol. The summed E-state index contributed by atoms with van der Waals surface area (Å²) in [6, 6.07) is 11.3. The first kappa shape index (κ1) is 15.0. The normalized spacial score (nSPS) is 11.0. The Hall–Kier alpha value is -3.53. The molecule has 3 aromatic heterocycles. The van der Waals surface area contributed by atoms with Crippen molar-refractivity contribution < 1.29 is 9.94 Å².